The molecular weight excluding hydrogens is 214 g/mol. The number of hydrogen-bond donors (Lipinski definition) is 1. The van der Waals surface area contributed by atoms with Crippen molar-refractivity contribution in [3.05, 3.63) is 0 Å². The summed E-state index contributed by atoms with van der Waals surface area (Å²) in [5.74, 6) is -0.168. The topological polar surface area (TPSA) is 63.2 Å². The van der Waals surface area contributed by atoms with E-state index in [1.165, 1.54) is 6.92 Å². The molecule has 5 heteroatoms. The molecule has 2 atom stereocenters. The number of ketones is 1. The second-order valence-electron chi connectivity index (χ2n) is 4.21. The summed E-state index contributed by atoms with van der Waals surface area (Å²) < 4.78 is 25.9. The molecule has 90 valence electrons. The Morgan fingerprint density at radius 1 is 1.27 bits per heavy atom. The second kappa shape index (κ2) is 5.61. The Hall–Kier alpha value is -0.420. The molecule has 4 nitrogen and oxygen atoms in total. The van der Waals surface area contributed by atoms with E-state index in [2.05, 4.69) is 4.72 Å². The lowest BCUT2D eigenvalue weighted by Crippen LogP contribution is -2.46. The molecule has 0 radical (unpaired) electrons. The van der Waals surface area contributed by atoms with Crippen LogP contribution in [-0.4, -0.2) is 25.5 Å². The van der Waals surface area contributed by atoms with Gasteiger partial charge in [0.1, 0.15) is 5.78 Å². The van der Waals surface area contributed by atoms with Crippen LogP contribution in [0, 0.1) is 5.92 Å². The Balaban J connectivity index is 4.76. The summed E-state index contributed by atoms with van der Waals surface area (Å²) in [4.78, 5) is 11.2. The molecule has 0 saturated carbocycles. The van der Waals surface area contributed by atoms with Crippen LogP contribution < -0.4 is 4.72 Å². The molecule has 1 N–H and O–H groups in total. The second-order valence-corrected chi connectivity index (χ2v) is 6.34. The molecule has 0 rings (SSSR count). The van der Waals surface area contributed by atoms with Crippen molar-refractivity contribution in [2.45, 2.75) is 52.3 Å². The van der Waals surface area contributed by atoms with Crippen LogP contribution in [0.25, 0.3) is 0 Å². The zero-order chi connectivity index (χ0) is 12.2. The molecule has 0 amide bonds. The fourth-order valence-electron chi connectivity index (χ4n) is 1.20. The highest BCUT2D eigenvalue weighted by atomic mass is 32.2. The zero-order valence-electron chi connectivity index (χ0n) is 10.1. The quantitative estimate of drug-likeness (QED) is 0.755. The molecule has 0 saturated heterocycles. The van der Waals surface area contributed by atoms with Crippen molar-refractivity contribution >= 4 is 15.8 Å². The predicted molar refractivity (Wildman–Crippen MR) is 61.1 cm³/mol. The van der Waals surface area contributed by atoms with Crippen LogP contribution in [-0.2, 0) is 14.8 Å². The number of sulfonamides is 1. The van der Waals surface area contributed by atoms with Crippen molar-refractivity contribution in [3.63, 3.8) is 0 Å². The molecule has 0 aliphatic heterocycles. The third-order valence-corrected chi connectivity index (χ3v) is 4.48. The van der Waals surface area contributed by atoms with Crippen molar-refractivity contribution in [1.82, 2.24) is 4.72 Å². The Labute approximate surface area is 92.5 Å². The molecule has 0 bridgehead atoms. The van der Waals surface area contributed by atoms with Gasteiger partial charge in [-0.1, -0.05) is 20.8 Å². The molecule has 0 fully saturated rings. The van der Waals surface area contributed by atoms with E-state index in [1.807, 2.05) is 20.8 Å². The summed E-state index contributed by atoms with van der Waals surface area (Å²) in [7, 11) is -3.37. The van der Waals surface area contributed by atoms with Gasteiger partial charge in [-0.3, -0.25) is 4.79 Å². The molecule has 0 aromatic carbocycles. The van der Waals surface area contributed by atoms with Crippen LogP contribution in [0.2, 0.25) is 0 Å². The van der Waals surface area contributed by atoms with Crippen molar-refractivity contribution in [2.75, 3.05) is 0 Å². The van der Waals surface area contributed by atoms with Crippen LogP contribution >= 0.6 is 0 Å². The molecular formula is C10H21NO3S. The molecule has 0 heterocycles. The van der Waals surface area contributed by atoms with Gasteiger partial charge < -0.3 is 0 Å². The summed E-state index contributed by atoms with van der Waals surface area (Å²) in [6.07, 6.45) is 0.540. The van der Waals surface area contributed by atoms with Gasteiger partial charge in [-0.25, -0.2) is 13.1 Å². The maximum atomic E-state index is 11.7. The summed E-state index contributed by atoms with van der Waals surface area (Å²) in [6.45, 7) is 8.50. The minimum Gasteiger partial charge on any atom is -0.298 e. The lowest BCUT2D eigenvalue weighted by atomic mass is 10.0. The smallest absolute Gasteiger partial charge is 0.214 e. The van der Waals surface area contributed by atoms with Crippen LogP contribution in [0.1, 0.15) is 41.0 Å². The average molecular weight is 235 g/mol. The van der Waals surface area contributed by atoms with Gasteiger partial charge in [-0.15, -0.1) is 0 Å². The van der Waals surface area contributed by atoms with Gasteiger partial charge in [0.05, 0.1) is 11.3 Å². The first-order valence-corrected chi connectivity index (χ1v) is 6.78. The molecule has 0 aromatic heterocycles. The highest BCUT2D eigenvalue weighted by Crippen LogP contribution is 2.09. The molecule has 15 heavy (non-hydrogen) atoms. The fraction of sp³-hybridized carbons (Fsp3) is 0.900. The van der Waals surface area contributed by atoms with E-state index in [-0.39, 0.29) is 11.7 Å². The van der Waals surface area contributed by atoms with E-state index in [9.17, 15) is 13.2 Å². The van der Waals surface area contributed by atoms with Crippen LogP contribution in [0.3, 0.4) is 0 Å². The SMILES string of the molecule is CCC(C)S(=O)(=O)NC(C(C)=O)C(C)C. The Morgan fingerprint density at radius 2 is 1.73 bits per heavy atom. The largest absolute Gasteiger partial charge is 0.298 e. The summed E-state index contributed by atoms with van der Waals surface area (Å²) in [5, 5.41) is -0.460. The summed E-state index contributed by atoms with van der Waals surface area (Å²) in [6, 6.07) is -0.607. The number of nitrogens with one attached hydrogen (secondary N) is 1. The fourth-order valence-corrected chi connectivity index (χ4v) is 2.66. The maximum Gasteiger partial charge on any atom is 0.214 e. The number of carbonyl (C=O) groups excluding carboxylic acids is 1. The molecule has 0 aliphatic rings. The van der Waals surface area contributed by atoms with Gasteiger partial charge in [0, 0.05) is 0 Å². The van der Waals surface area contributed by atoms with Gasteiger partial charge in [0.2, 0.25) is 10.0 Å². The third-order valence-electron chi connectivity index (χ3n) is 2.50. The Bertz CT molecular complexity index is 309. The predicted octanol–water partition coefficient (Wildman–Crippen LogP) is 1.32. The monoisotopic (exact) mass is 235 g/mol. The third kappa shape index (κ3) is 4.30. The van der Waals surface area contributed by atoms with Gasteiger partial charge in [0.25, 0.3) is 0 Å². The number of Topliss-reactive ketones (excluding diaryl/α,β-unsaturated/α-hetero) is 1. The van der Waals surface area contributed by atoms with Crippen molar-refractivity contribution in [3.8, 4) is 0 Å². The highest BCUT2D eigenvalue weighted by Gasteiger charge is 2.27. The summed E-state index contributed by atoms with van der Waals surface area (Å²) >= 11 is 0. The van der Waals surface area contributed by atoms with Crippen LogP contribution in [0.15, 0.2) is 0 Å². The highest BCUT2D eigenvalue weighted by molar-refractivity contribution is 7.90. The lowest BCUT2D eigenvalue weighted by Gasteiger charge is -2.21. The van der Waals surface area contributed by atoms with E-state index in [1.54, 1.807) is 6.92 Å². The van der Waals surface area contributed by atoms with Gasteiger partial charge >= 0.3 is 0 Å². The van der Waals surface area contributed by atoms with Gasteiger partial charge in [-0.2, -0.15) is 0 Å². The van der Waals surface area contributed by atoms with E-state index >= 15 is 0 Å². The molecule has 0 aliphatic carbocycles. The Morgan fingerprint density at radius 3 is 2.00 bits per heavy atom. The number of rotatable bonds is 6. The van der Waals surface area contributed by atoms with E-state index in [0.717, 1.165) is 0 Å². The lowest BCUT2D eigenvalue weighted by molar-refractivity contribution is -0.119. The number of hydrogen-bond acceptors (Lipinski definition) is 3. The number of carbonyl (C=O) groups is 1. The first-order chi connectivity index (χ1) is 6.72. The van der Waals surface area contributed by atoms with Gasteiger partial charge in [0.15, 0.2) is 0 Å². The molecule has 0 aromatic rings. The summed E-state index contributed by atoms with van der Waals surface area (Å²) in [5.41, 5.74) is 0. The first-order valence-electron chi connectivity index (χ1n) is 5.24. The standard InChI is InChI=1S/C10H21NO3S/c1-6-8(4)15(13,14)11-10(7(2)3)9(5)12/h7-8,10-11H,6H2,1-5H3. The maximum absolute atomic E-state index is 11.7. The zero-order valence-corrected chi connectivity index (χ0v) is 10.9. The van der Waals surface area contributed by atoms with Gasteiger partial charge in [-0.05, 0) is 26.2 Å². The average Bonchev–Trinajstić information content (AvgIpc) is 2.11. The van der Waals surface area contributed by atoms with Crippen molar-refractivity contribution in [2.24, 2.45) is 5.92 Å². The minimum atomic E-state index is -3.37. The van der Waals surface area contributed by atoms with E-state index in [0.29, 0.717) is 6.42 Å². The minimum absolute atomic E-state index is 0.0265. The van der Waals surface area contributed by atoms with E-state index in [4.69, 9.17) is 0 Å². The normalized spacial score (nSPS) is 16.4. The van der Waals surface area contributed by atoms with Crippen molar-refractivity contribution < 1.29 is 13.2 Å². The van der Waals surface area contributed by atoms with E-state index < -0.39 is 21.3 Å². The van der Waals surface area contributed by atoms with Crippen molar-refractivity contribution in [1.29, 1.82) is 0 Å². The first kappa shape index (κ1) is 14.6. The molecule has 2 unspecified atom stereocenters. The van der Waals surface area contributed by atoms with Crippen LogP contribution in [0.4, 0.5) is 0 Å². The molecule has 0 spiro atoms. The van der Waals surface area contributed by atoms with Crippen LogP contribution in [0.5, 0.6) is 0 Å². The Kier molecular flexibility index (Phi) is 5.45.